The first-order valence-corrected chi connectivity index (χ1v) is 7.23. The van der Waals surface area contributed by atoms with Crippen LogP contribution in [-0.2, 0) is 5.75 Å². The van der Waals surface area contributed by atoms with Crippen molar-refractivity contribution < 1.29 is 4.52 Å². The lowest BCUT2D eigenvalue weighted by Crippen LogP contribution is -1.99. The van der Waals surface area contributed by atoms with Crippen LogP contribution < -0.4 is 11.5 Å². The van der Waals surface area contributed by atoms with Crippen molar-refractivity contribution in [2.24, 2.45) is 0 Å². The van der Waals surface area contributed by atoms with Gasteiger partial charge < -0.3 is 16.0 Å². The predicted molar refractivity (Wildman–Crippen MR) is 82.4 cm³/mol. The number of hydrogen-bond donors (Lipinski definition) is 2. The number of nitrogens with zero attached hydrogens (tertiary/aromatic N) is 3. The maximum atomic E-state index is 5.63. The van der Waals surface area contributed by atoms with Crippen LogP contribution in [0, 0.1) is 0 Å². The second kappa shape index (κ2) is 5.84. The Morgan fingerprint density at radius 3 is 2.43 bits per heavy atom. The van der Waals surface area contributed by atoms with Crippen molar-refractivity contribution in [2.75, 3.05) is 11.5 Å². The Kier molecular flexibility index (Phi) is 3.74. The highest BCUT2D eigenvalue weighted by Crippen LogP contribution is 2.24. The van der Waals surface area contributed by atoms with Crippen LogP contribution in [0.4, 0.5) is 11.6 Å². The predicted octanol–water partition coefficient (Wildman–Crippen LogP) is 2.59. The summed E-state index contributed by atoms with van der Waals surface area (Å²) in [5.41, 5.74) is 13.1. The van der Waals surface area contributed by atoms with Gasteiger partial charge in [-0.1, -0.05) is 47.3 Å². The van der Waals surface area contributed by atoms with E-state index in [1.165, 1.54) is 17.8 Å². The van der Waals surface area contributed by atoms with E-state index in [1.807, 2.05) is 36.4 Å². The average Bonchev–Trinajstić information content (AvgIpc) is 2.94. The van der Waals surface area contributed by atoms with Gasteiger partial charge in [-0.25, -0.2) is 9.97 Å². The molecule has 0 saturated heterocycles. The molecule has 0 spiro atoms. The smallest absolute Gasteiger partial charge is 0.191 e. The summed E-state index contributed by atoms with van der Waals surface area (Å²) in [5, 5.41) is 4.56. The van der Waals surface area contributed by atoms with Crippen molar-refractivity contribution >= 4 is 23.4 Å². The fourth-order valence-corrected chi connectivity index (χ4v) is 2.54. The van der Waals surface area contributed by atoms with Crippen molar-refractivity contribution in [1.29, 1.82) is 0 Å². The van der Waals surface area contributed by atoms with Crippen LogP contribution in [0.5, 0.6) is 0 Å². The Morgan fingerprint density at radius 2 is 1.71 bits per heavy atom. The summed E-state index contributed by atoms with van der Waals surface area (Å²) in [7, 11) is 0. The lowest BCUT2D eigenvalue weighted by atomic mass is 10.2. The molecule has 21 heavy (non-hydrogen) atoms. The number of nitrogens with two attached hydrogens (primary N) is 2. The normalized spacial score (nSPS) is 10.7. The van der Waals surface area contributed by atoms with E-state index in [4.69, 9.17) is 16.0 Å². The molecule has 3 aromatic rings. The molecule has 106 valence electrons. The number of nitrogen functional groups attached to an aromatic ring is 2. The van der Waals surface area contributed by atoms with E-state index in [0.29, 0.717) is 22.5 Å². The van der Waals surface area contributed by atoms with E-state index in [2.05, 4.69) is 15.1 Å². The minimum absolute atomic E-state index is 0.357. The molecule has 6 nitrogen and oxygen atoms in total. The van der Waals surface area contributed by atoms with Gasteiger partial charge in [-0.2, -0.15) is 0 Å². The Bertz CT molecular complexity index is 724. The molecule has 0 fully saturated rings. The molecular formula is C14H13N5OS. The molecule has 4 N–H and O–H groups in total. The molecule has 1 aromatic carbocycles. The van der Waals surface area contributed by atoms with Crippen molar-refractivity contribution in [2.45, 2.75) is 10.9 Å². The molecule has 2 aromatic heterocycles. The second-order valence-corrected chi connectivity index (χ2v) is 5.28. The topological polar surface area (TPSA) is 104 Å². The van der Waals surface area contributed by atoms with E-state index in [0.717, 1.165) is 17.0 Å². The molecule has 0 saturated carbocycles. The summed E-state index contributed by atoms with van der Waals surface area (Å²) in [6.07, 6.45) is 0. The number of anilines is 2. The largest absolute Gasteiger partial charge is 0.383 e. The minimum atomic E-state index is 0.357. The summed E-state index contributed by atoms with van der Waals surface area (Å²) in [6.45, 7) is 0. The Morgan fingerprint density at radius 1 is 1.00 bits per heavy atom. The quantitative estimate of drug-likeness (QED) is 0.563. The first kappa shape index (κ1) is 13.4. The number of rotatable bonds is 4. The van der Waals surface area contributed by atoms with Crippen LogP contribution in [0.1, 0.15) is 5.69 Å². The van der Waals surface area contributed by atoms with Gasteiger partial charge in [0.1, 0.15) is 11.6 Å². The highest BCUT2D eigenvalue weighted by atomic mass is 32.2. The Balaban J connectivity index is 1.70. The molecule has 2 heterocycles. The molecule has 0 bridgehead atoms. The lowest BCUT2D eigenvalue weighted by Gasteiger charge is -2.00. The van der Waals surface area contributed by atoms with E-state index < -0.39 is 0 Å². The summed E-state index contributed by atoms with van der Waals surface area (Å²) in [6, 6.07) is 13.2. The average molecular weight is 299 g/mol. The van der Waals surface area contributed by atoms with Crippen molar-refractivity contribution in [3.63, 3.8) is 0 Å². The zero-order valence-corrected chi connectivity index (χ0v) is 11.9. The fraction of sp³-hybridized carbons (Fsp3) is 0.0714. The Hall–Kier alpha value is -2.54. The SMILES string of the molecule is Nc1cc(N)nc(SCc2cc(-c3ccccc3)on2)n1. The zero-order chi connectivity index (χ0) is 14.7. The lowest BCUT2D eigenvalue weighted by molar-refractivity contribution is 0.426. The molecule has 3 rings (SSSR count). The van der Waals surface area contributed by atoms with Crippen LogP contribution in [0.15, 0.2) is 52.1 Å². The van der Waals surface area contributed by atoms with Crippen LogP contribution >= 0.6 is 11.8 Å². The highest BCUT2D eigenvalue weighted by Gasteiger charge is 2.08. The van der Waals surface area contributed by atoms with Crippen LogP contribution in [0.25, 0.3) is 11.3 Å². The Labute approximate surface area is 125 Å². The fourth-order valence-electron chi connectivity index (χ4n) is 1.78. The monoisotopic (exact) mass is 299 g/mol. The maximum absolute atomic E-state index is 5.63. The van der Waals surface area contributed by atoms with Gasteiger partial charge in [0.2, 0.25) is 0 Å². The van der Waals surface area contributed by atoms with Gasteiger partial charge in [0, 0.05) is 23.4 Å². The standard InChI is InChI=1S/C14H13N5OS/c15-12-7-13(16)18-14(17-12)21-8-10-6-11(20-19-10)9-4-2-1-3-5-9/h1-7H,8H2,(H4,15,16,17,18). The first-order valence-electron chi connectivity index (χ1n) is 6.24. The summed E-state index contributed by atoms with van der Waals surface area (Å²) in [5.74, 6) is 2.03. The highest BCUT2D eigenvalue weighted by molar-refractivity contribution is 7.98. The maximum Gasteiger partial charge on any atom is 0.191 e. The molecule has 0 amide bonds. The minimum Gasteiger partial charge on any atom is -0.383 e. The summed E-state index contributed by atoms with van der Waals surface area (Å²) >= 11 is 1.41. The van der Waals surface area contributed by atoms with Gasteiger partial charge in [0.05, 0.1) is 5.69 Å². The van der Waals surface area contributed by atoms with E-state index in [1.54, 1.807) is 0 Å². The molecule has 0 unspecified atom stereocenters. The van der Waals surface area contributed by atoms with Crippen LogP contribution in [-0.4, -0.2) is 15.1 Å². The second-order valence-electron chi connectivity index (χ2n) is 4.34. The summed E-state index contributed by atoms with van der Waals surface area (Å²) < 4.78 is 5.33. The molecule has 7 heteroatoms. The molecule has 0 aliphatic heterocycles. The van der Waals surface area contributed by atoms with Gasteiger partial charge in [-0.3, -0.25) is 0 Å². The third-order valence-electron chi connectivity index (χ3n) is 2.71. The third kappa shape index (κ3) is 3.32. The van der Waals surface area contributed by atoms with E-state index in [-0.39, 0.29) is 0 Å². The number of benzene rings is 1. The number of thioether (sulfide) groups is 1. The van der Waals surface area contributed by atoms with E-state index in [9.17, 15) is 0 Å². The van der Waals surface area contributed by atoms with Gasteiger partial charge >= 0.3 is 0 Å². The van der Waals surface area contributed by atoms with Gasteiger partial charge in [-0.15, -0.1) is 0 Å². The van der Waals surface area contributed by atoms with Crippen LogP contribution in [0.2, 0.25) is 0 Å². The molecule has 0 aliphatic rings. The molecule has 0 radical (unpaired) electrons. The van der Waals surface area contributed by atoms with Gasteiger partial charge in [-0.05, 0) is 0 Å². The van der Waals surface area contributed by atoms with Gasteiger partial charge in [0.15, 0.2) is 10.9 Å². The number of aromatic nitrogens is 3. The summed E-state index contributed by atoms with van der Waals surface area (Å²) in [4.78, 5) is 8.21. The van der Waals surface area contributed by atoms with Crippen molar-refractivity contribution in [3.05, 3.63) is 48.2 Å². The molecule has 0 atom stereocenters. The number of hydrogen-bond acceptors (Lipinski definition) is 7. The van der Waals surface area contributed by atoms with Crippen LogP contribution in [0.3, 0.4) is 0 Å². The van der Waals surface area contributed by atoms with Crippen molar-refractivity contribution in [3.8, 4) is 11.3 Å². The zero-order valence-electron chi connectivity index (χ0n) is 11.1. The molecule has 0 aliphatic carbocycles. The van der Waals surface area contributed by atoms with Gasteiger partial charge in [0.25, 0.3) is 0 Å². The first-order chi connectivity index (χ1) is 10.2. The third-order valence-corrected chi connectivity index (χ3v) is 3.59. The molecular weight excluding hydrogens is 286 g/mol. The van der Waals surface area contributed by atoms with Crippen molar-refractivity contribution in [1.82, 2.24) is 15.1 Å². The van der Waals surface area contributed by atoms with E-state index >= 15 is 0 Å².